The summed E-state index contributed by atoms with van der Waals surface area (Å²) in [6, 6.07) is 0. The zero-order valence-corrected chi connectivity index (χ0v) is 5.60. The predicted octanol–water partition coefficient (Wildman–Crippen LogP) is 0.611. The number of nitrogens with zero attached hydrogens (tertiary/aromatic N) is 1. The topological polar surface area (TPSA) is 12.2 Å². The van der Waals surface area contributed by atoms with Gasteiger partial charge in [-0.1, -0.05) is 0 Å². The summed E-state index contributed by atoms with van der Waals surface area (Å²) in [5, 5.41) is 0. The lowest BCUT2D eigenvalue weighted by molar-refractivity contribution is -0.523. The fourth-order valence-corrected chi connectivity index (χ4v) is 1.54. The SMILES string of the molecule is C1CC[N+]2=C(C1)OCC2. The van der Waals surface area contributed by atoms with Crippen LogP contribution in [0.1, 0.15) is 19.3 Å². The van der Waals surface area contributed by atoms with E-state index in [1.807, 2.05) is 0 Å². The van der Waals surface area contributed by atoms with Crippen molar-refractivity contribution in [2.24, 2.45) is 0 Å². The Labute approximate surface area is 55.1 Å². The summed E-state index contributed by atoms with van der Waals surface area (Å²) in [7, 11) is 0. The summed E-state index contributed by atoms with van der Waals surface area (Å²) in [6.45, 7) is 3.29. The van der Waals surface area contributed by atoms with Crippen LogP contribution in [0.25, 0.3) is 0 Å². The molecule has 0 aromatic carbocycles. The van der Waals surface area contributed by atoms with Crippen molar-refractivity contribution in [3.05, 3.63) is 0 Å². The van der Waals surface area contributed by atoms with E-state index in [1.165, 1.54) is 31.7 Å². The molecule has 0 radical (unpaired) electrons. The molecule has 0 spiro atoms. The van der Waals surface area contributed by atoms with Gasteiger partial charge in [0.1, 0.15) is 6.54 Å². The molecule has 2 rings (SSSR count). The highest BCUT2D eigenvalue weighted by molar-refractivity contribution is 5.71. The Balaban J connectivity index is 2.17. The van der Waals surface area contributed by atoms with E-state index in [1.54, 1.807) is 0 Å². The molecule has 0 bridgehead atoms. The molecular formula is C7H12NO+. The van der Waals surface area contributed by atoms with Crippen molar-refractivity contribution in [1.82, 2.24) is 0 Å². The number of hydrogen-bond acceptors (Lipinski definition) is 1. The van der Waals surface area contributed by atoms with Crippen molar-refractivity contribution in [1.29, 1.82) is 0 Å². The van der Waals surface area contributed by atoms with Gasteiger partial charge in [0, 0.05) is 6.42 Å². The van der Waals surface area contributed by atoms with E-state index in [0.29, 0.717) is 0 Å². The van der Waals surface area contributed by atoms with Gasteiger partial charge in [-0.25, -0.2) is 0 Å². The molecule has 2 heteroatoms. The van der Waals surface area contributed by atoms with Gasteiger partial charge >= 0.3 is 5.90 Å². The molecule has 0 aromatic rings. The van der Waals surface area contributed by atoms with Crippen molar-refractivity contribution in [2.75, 3.05) is 19.7 Å². The molecule has 0 atom stereocenters. The van der Waals surface area contributed by atoms with Crippen LogP contribution in [0.2, 0.25) is 0 Å². The second kappa shape index (κ2) is 2.01. The third-order valence-corrected chi connectivity index (χ3v) is 2.05. The van der Waals surface area contributed by atoms with Gasteiger partial charge in [-0.2, -0.15) is 4.58 Å². The average molecular weight is 126 g/mol. The van der Waals surface area contributed by atoms with E-state index in [9.17, 15) is 0 Å². The summed E-state index contributed by atoms with van der Waals surface area (Å²) in [5.74, 6) is 1.25. The van der Waals surface area contributed by atoms with E-state index >= 15 is 0 Å². The lowest BCUT2D eigenvalue weighted by atomic mass is 10.2. The molecule has 0 unspecified atom stereocenters. The fraction of sp³-hybridized carbons (Fsp3) is 0.857. The second-order valence-corrected chi connectivity index (χ2v) is 2.69. The van der Waals surface area contributed by atoms with E-state index in [2.05, 4.69) is 4.58 Å². The summed E-state index contributed by atoms with van der Waals surface area (Å²) in [5.41, 5.74) is 0. The summed E-state index contributed by atoms with van der Waals surface area (Å²) in [6.07, 6.45) is 3.86. The van der Waals surface area contributed by atoms with Crippen molar-refractivity contribution in [2.45, 2.75) is 19.3 Å². The Morgan fingerprint density at radius 3 is 3.11 bits per heavy atom. The molecule has 9 heavy (non-hydrogen) atoms. The molecule has 0 saturated heterocycles. The molecule has 0 aromatic heterocycles. The molecule has 50 valence electrons. The van der Waals surface area contributed by atoms with Crippen LogP contribution >= 0.6 is 0 Å². The number of ether oxygens (including phenoxy) is 1. The largest absolute Gasteiger partial charge is 0.441 e. The summed E-state index contributed by atoms with van der Waals surface area (Å²) in [4.78, 5) is 0. The molecule has 0 N–H and O–H groups in total. The Morgan fingerprint density at radius 1 is 1.22 bits per heavy atom. The first kappa shape index (κ1) is 5.27. The lowest BCUT2D eigenvalue weighted by Crippen LogP contribution is -2.21. The monoisotopic (exact) mass is 126 g/mol. The Morgan fingerprint density at radius 2 is 2.22 bits per heavy atom. The molecule has 0 saturated carbocycles. The zero-order chi connectivity index (χ0) is 6.10. The van der Waals surface area contributed by atoms with Crippen molar-refractivity contribution in [3.63, 3.8) is 0 Å². The summed E-state index contributed by atoms with van der Waals surface area (Å²) >= 11 is 0. The van der Waals surface area contributed by atoms with Crippen LogP contribution in [0.5, 0.6) is 0 Å². The van der Waals surface area contributed by atoms with Crippen LogP contribution in [0.4, 0.5) is 0 Å². The molecule has 0 amide bonds. The molecular weight excluding hydrogens is 114 g/mol. The van der Waals surface area contributed by atoms with Gasteiger partial charge in [-0.3, -0.25) is 0 Å². The quantitative estimate of drug-likeness (QED) is 0.433. The van der Waals surface area contributed by atoms with Gasteiger partial charge in [0.2, 0.25) is 0 Å². The van der Waals surface area contributed by atoms with Crippen molar-refractivity contribution >= 4 is 5.90 Å². The van der Waals surface area contributed by atoms with Crippen LogP contribution in [-0.4, -0.2) is 30.2 Å². The minimum atomic E-state index is 0.926. The van der Waals surface area contributed by atoms with Gasteiger partial charge in [0.05, 0.1) is 6.42 Å². The molecule has 2 heterocycles. The number of hydrogen-bond donors (Lipinski definition) is 0. The van der Waals surface area contributed by atoms with Gasteiger partial charge in [-0.15, -0.1) is 0 Å². The van der Waals surface area contributed by atoms with E-state index in [0.717, 1.165) is 13.2 Å². The Hall–Kier alpha value is -0.530. The van der Waals surface area contributed by atoms with Gasteiger partial charge in [0.15, 0.2) is 13.2 Å². The first-order chi connectivity index (χ1) is 4.47. The maximum Gasteiger partial charge on any atom is 0.336 e. The minimum Gasteiger partial charge on any atom is -0.441 e. The lowest BCUT2D eigenvalue weighted by Gasteiger charge is -2.04. The highest BCUT2D eigenvalue weighted by Crippen LogP contribution is 2.10. The van der Waals surface area contributed by atoms with Crippen LogP contribution in [0, 0.1) is 0 Å². The average Bonchev–Trinajstić information content (AvgIpc) is 2.33. The molecule has 0 aliphatic carbocycles. The minimum absolute atomic E-state index is 0.926. The summed E-state index contributed by atoms with van der Waals surface area (Å²) < 4.78 is 7.76. The second-order valence-electron chi connectivity index (χ2n) is 2.69. The van der Waals surface area contributed by atoms with Crippen LogP contribution < -0.4 is 0 Å². The van der Waals surface area contributed by atoms with Gasteiger partial charge < -0.3 is 4.74 Å². The maximum absolute atomic E-state index is 5.40. The zero-order valence-electron chi connectivity index (χ0n) is 5.60. The van der Waals surface area contributed by atoms with E-state index in [4.69, 9.17) is 4.74 Å². The van der Waals surface area contributed by atoms with Crippen LogP contribution in [0.3, 0.4) is 0 Å². The Kier molecular flexibility index (Phi) is 1.18. The van der Waals surface area contributed by atoms with Crippen LogP contribution in [0.15, 0.2) is 0 Å². The molecule has 2 aliphatic rings. The molecule has 2 aliphatic heterocycles. The maximum atomic E-state index is 5.40. The third kappa shape index (κ3) is 0.824. The number of rotatable bonds is 0. The third-order valence-electron chi connectivity index (χ3n) is 2.05. The van der Waals surface area contributed by atoms with E-state index in [-0.39, 0.29) is 0 Å². The van der Waals surface area contributed by atoms with Crippen LogP contribution in [-0.2, 0) is 4.74 Å². The van der Waals surface area contributed by atoms with Crippen molar-refractivity contribution in [3.8, 4) is 0 Å². The highest BCUT2D eigenvalue weighted by atomic mass is 16.5. The first-order valence-corrected chi connectivity index (χ1v) is 3.70. The smallest absolute Gasteiger partial charge is 0.336 e. The molecule has 2 nitrogen and oxygen atoms in total. The van der Waals surface area contributed by atoms with Gasteiger partial charge in [0.25, 0.3) is 0 Å². The van der Waals surface area contributed by atoms with Crippen molar-refractivity contribution < 1.29 is 9.31 Å². The predicted molar refractivity (Wildman–Crippen MR) is 34.8 cm³/mol. The standard InChI is InChI=1S/C7H12NO/c1-2-4-8-5-6-9-7(8)3-1/h1-6H2/q+1. The molecule has 0 fully saturated rings. The fourth-order valence-electron chi connectivity index (χ4n) is 1.54. The highest BCUT2D eigenvalue weighted by Gasteiger charge is 2.26. The van der Waals surface area contributed by atoms with Gasteiger partial charge in [-0.05, 0) is 6.42 Å². The normalized spacial score (nSPS) is 25.8. The van der Waals surface area contributed by atoms with E-state index < -0.39 is 0 Å². The Bertz CT molecular complexity index is 135. The first-order valence-electron chi connectivity index (χ1n) is 3.70.